The summed E-state index contributed by atoms with van der Waals surface area (Å²) in [5.74, 6) is -1.69. The van der Waals surface area contributed by atoms with Gasteiger partial charge in [-0.05, 0) is 31.0 Å². The maximum absolute atomic E-state index is 12.8. The minimum Gasteiger partial charge on any atom is -0.373 e. The van der Waals surface area contributed by atoms with Gasteiger partial charge in [0.2, 0.25) is 5.91 Å². The molecule has 0 aliphatic carbocycles. The molecule has 0 bridgehead atoms. The molecule has 0 aromatic heterocycles. The number of primary amides is 2. The van der Waals surface area contributed by atoms with Crippen molar-refractivity contribution in [3.63, 3.8) is 0 Å². The predicted octanol–water partition coefficient (Wildman–Crippen LogP) is 1.95. The first-order chi connectivity index (χ1) is 9.57. The standard InChI is InChI=1S/C13H16F3N3O2/c1-3-10(13(14,15)16)19-9-5-7(11(17)20)6(2)4-8(9)12(18)21/h4-5,10,19H,3H2,1-2H3,(H2,17,20)(H2,18,21). The Morgan fingerprint density at radius 2 is 1.71 bits per heavy atom. The number of nitrogens with one attached hydrogen (secondary N) is 1. The van der Waals surface area contributed by atoms with Crippen molar-refractivity contribution < 1.29 is 22.8 Å². The fourth-order valence-electron chi connectivity index (χ4n) is 1.90. The van der Waals surface area contributed by atoms with Crippen molar-refractivity contribution in [3.8, 4) is 0 Å². The molecule has 0 saturated heterocycles. The highest BCUT2D eigenvalue weighted by Gasteiger charge is 2.38. The van der Waals surface area contributed by atoms with E-state index in [1.54, 1.807) is 0 Å². The molecule has 21 heavy (non-hydrogen) atoms. The Bertz CT molecular complexity index is 571. The van der Waals surface area contributed by atoms with E-state index in [-0.39, 0.29) is 23.2 Å². The molecule has 1 unspecified atom stereocenters. The van der Waals surface area contributed by atoms with Gasteiger partial charge in [0.15, 0.2) is 0 Å². The topological polar surface area (TPSA) is 98.2 Å². The monoisotopic (exact) mass is 303 g/mol. The first-order valence-corrected chi connectivity index (χ1v) is 6.15. The van der Waals surface area contributed by atoms with E-state index in [1.807, 2.05) is 0 Å². The van der Waals surface area contributed by atoms with Gasteiger partial charge in [-0.1, -0.05) is 6.92 Å². The molecule has 5 N–H and O–H groups in total. The lowest BCUT2D eigenvalue weighted by Gasteiger charge is -2.23. The Labute approximate surface area is 119 Å². The van der Waals surface area contributed by atoms with Crippen molar-refractivity contribution in [3.05, 3.63) is 28.8 Å². The van der Waals surface area contributed by atoms with Crippen molar-refractivity contribution >= 4 is 17.5 Å². The molecular weight excluding hydrogens is 287 g/mol. The maximum Gasteiger partial charge on any atom is 0.408 e. The molecule has 0 saturated carbocycles. The summed E-state index contributed by atoms with van der Waals surface area (Å²) in [6, 6.07) is 0.499. The second kappa shape index (κ2) is 6.02. The van der Waals surface area contributed by atoms with E-state index >= 15 is 0 Å². The number of aryl methyl sites for hydroxylation is 1. The van der Waals surface area contributed by atoms with Crippen LogP contribution in [-0.2, 0) is 0 Å². The lowest BCUT2D eigenvalue weighted by Crippen LogP contribution is -2.36. The van der Waals surface area contributed by atoms with Crippen LogP contribution in [-0.4, -0.2) is 24.0 Å². The summed E-state index contributed by atoms with van der Waals surface area (Å²) >= 11 is 0. The molecule has 5 nitrogen and oxygen atoms in total. The van der Waals surface area contributed by atoms with Crippen LogP contribution in [0.1, 0.15) is 39.6 Å². The van der Waals surface area contributed by atoms with E-state index < -0.39 is 24.0 Å². The summed E-state index contributed by atoms with van der Waals surface area (Å²) in [5, 5.41) is 2.21. The van der Waals surface area contributed by atoms with Crippen molar-refractivity contribution in [2.45, 2.75) is 32.5 Å². The van der Waals surface area contributed by atoms with Gasteiger partial charge in [0, 0.05) is 11.3 Å². The smallest absolute Gasteiger partial charge is 0.373 e. The van der Waals surface area contributed by atoms with E-state index in [2.05, 4.69) is 5.32 Å². The molecule has 1 aromatic rings. The fourth-order valence-corrected chi connectivity index (χ4v) is 1.90. The molecule has 0 fully saturated rings. The van der Waals surface area contributed by atoms with E-state index in [4.69, 9.17) is 11.5 Å². The summed E-state index contributed by atoms with van der Waals surface area (Å²) in [4.78, 5) is 22.6. The Kier molecular flexibility index (Phi) is 4.82. The third kappa shape index (κ3) is 3.87. The average Bonchev–Trinajstić information content (AvgIpc) is 2.34. The SMILES string of the molecule is CCC(Nc1cc(C(N)=O)c(C)cc1C(N)=O)C(F)(F)F. The molecule has 0 aliphatic rings. The predicted molar refractivity (Wildman–Crippen MR) is 72.0 cm³/mol. The third-order valence-electron chi connectivity index (χ3n) is 3.03. The summed E-state index contributed by atoms with van der Waals surface area (Å²) in [6.07, 6.45) is -4.75. The van der Waals surface area contributed by atoms with Crippen LogP contribution in [0.3, 0.4) is 0 Å². The van der Waals surface area contributed by atoms with Gasteiger partial charge in [-0.2, -0.15) is 13.2 Å². The van der Waals surface area contributed by atoms with Gasteiger partial charge in [0.05, 0.1) is 5.56 Å². The van der Waals surface area contributed by atoms with Crippen LogP contribution in [0.2, 0.25) is 0 Å². The number of rotatable bonds is 5. The number of amides is 2. The maximum atomic E-state index is 12.8. The van der Waals surface area contributed by atoms with Gasteiger partial charge in [-0.25, -0.2) is 0 Å². The number of benzene rings is 1. The number of carbonyl (C=O) groups excluding carboxylic acids is 2. The highest BCUT2D eigenvalue weighted by molar-refractivity contribution is 6.02. The second-order valence-corrected chi connectivity index (χ2v) is 4.59. The number of halogens is 3. The van der Waals surface area contributed by atoms with Gasteiger partial charge >= 0.3 is 6.18 Å². The zero-order valence-electron chi connectivity index (χ0n) is 11.5. The molecule has 8 heteroatoms. The first-order valence-electron chi connectivity index (χ1n) is 6.15. The van der Waals surface area contributed by atoms with Crippen molar-refractivity contribution in [1.82, 2.24) is 0 Å². The van der Waals surface area contributed by atoms with E-state index in [9.17, 15) is 22.8 Å². The quantitative estimate of drug-likeness (QED) is 0.775. The van der Waals surface area contributed by atoms with Crippen LogP contribution >= 0.6 is 0 Å². The molecular formula is C13H16F3N3O2. The number of carbonyl (C=O) groups is 2. The summed E-state index contributed by atoms with van der Waals surface area (Å²) < 4.78 is 38.4. The molecule has 0 radical (unpaired) electrons. The molecule has 0 spiro atoms. The van der Waals surface area contributed by atoms with E-state index in [0.29, 0.717) is 5.56 Å². The zero-order chi connectivity index (χ0) is 16.4. The van der Waals surface area contributed by atoms with Crippen LogP contribution in [0.4, 0.5) is 18.9 Å². The number of hydrogen-bond donors (Lipinski definition) is 3. The molecule has 1 rings (SSSR count). The fraction of sp³-hybridized carbons (Fsp3) is 0.385. The zero-order valence-corrected chi connectivity index (χ0v) is 11.5. The van der Waals surface area contributed by atoms with Crippen LogP contribution in [0, 0.1) is 6.92 Å². The second-order valence-electron chi connectivity index (χ2n) is 4.59. The van der Waals surface area contributed by atoms with Gasteiger partial charge < -0.3 is 16.8 Å². The van der Waals surface area contributed by atoms with Gasteiger partial charge in [0.1, 0.15) is 6.04 Å². The molecule has 0 heterocycles. The van der Waals surface area contributed by atoms with Crippen molar-refractivity contribution in [1.29, 1.82) is 0 Å². The average molecular weight is 303 g/mol. The highest BCUT2D eigenvalue weighted by atomic mass is 19.4. The summed E-state index contributed by atoms with van der Waals surface area (Å²) in [5.41, 5.74) is 10.4. The molecule has 1 aromatic carbocycles. The lowest BCUT2D eigenvalue weighted by molar-refractivity contribution is -0.142. The summed E-state index contributed by atoms with van der Waals surface area (Å²) in [7, 11) is 0. The van der Waals surface area contributed by atoms with E-state index in [0.717, 1.165) is 6.07 Å². The largest absolute Gasteiger partial charge is 0.408 e. The minimum atomic E-state index is -4.50. The molecule has 0 aliphatic heterocycles. The van der Waals surface area contributed by atoms with Gasteiger partial charge in [-0.15, -0.1) is 0 Å². The van der Waals surface area contributed by atoms with Gasteiger partial charge in [0.25, 0.3) is 5.91 Å². The van der Waals surface area contributed by atoms with Crippen LogP contribution < -0.4 is 16.8 Å². The van der Waals surface area contributed by atoms with Crippen LogP contribution in [0.15, 0.2) is 12.1 Å². The van der Waals surface area contributed by atoms with Gasteiger partial charge in [-0.3, -0.25) is 9.59 Å². The Morgan fingerprint density at radius 1 is 1.19 bits per heavy atom. The number of anilines is 1. The molecule has 1 atom stereocenters. The van der Waals surface area contributed by atoms with Crippen molar-refractivity contribution in [2.75, 3.05) is 5.32 Å². The first kappa shape index (κ1) is 16.8. The number of alkyl halides is 3. The number of hydrogen-bond acceptors (Lipinski definition) is 3. The van der Waals surface area contributed by atoms with Crippen molar-refractivity contribution in [2.24, 2.45) is 11.5 Å². The third-order valence-corrected chi connectivity index (χ3v) is 3.03. The highest BCUT2D eigenvalue weighted by Crippen LogP contribution is 2.28. The normalized spacial score (nSPS) is 12.8. The molecule has 2 amide bonds. The van der Waals surface area contributed by atoms with Crippen LogP contribution in [0.5, 0.6) is 0 Å². The van der Waals surface area contributed by atoms with Crippen LogP contribution in [0.25, 0.3) is 0 Å². The lowest BCUT2D eigenvalue weighted by atomic mass is 10.0. The number of nitrogens with two attached hydrogens (primary N) is 2. The van der Waals surface area contributed by atoms with E-state index in [1.165, 1.54) is 19.9 Å². The Morgan fingerprint density at radius 3 is 2.10 bits per heavy atom. The Balaban J connectivity index is 3.35. The molecule has 116 valence electrons. The minimum absolute atomic E-state index is 0.0273. The summed E-state index contributed by atoms with van der Waals surface area (Å²) in [6.45, 7) is 2.86. The Hall–Kier alpha value is -2.25.